The predicted octanol–water partition coefficient (Wildman–Crippen LogP) is 4.96. The van der Waals surface area contributed by atoms with Gasteiger partial charge in [0.05, 0.1) is 12.0 Å². The number of carbonyl (C=O) groups excluding carboxylic acids is 1. The van der Waals surface area contributed by atoms with E-state index in [-0.39, 0.29) is 5.91 Å². The first-order chi connectivity index (χ1) is 12.8. The molecule has 3 aromatic rings. The van der Waals surface area contributed by atoms with Gasteiger partial charge in [0.1, 0.15) is 11.5 Å². The molecular weight excluding hydrogens is 344 g/mol. The summed E-state index contributed by atoms with van der Waals surface area (Å²) in [4.78, 5) is 19.2. The molecule has 0 unspecified atom stereocenters. The largest absolute Gasteiger partial charge is 0.465 e. The van der Waals surface area contributed by atoms with Gasteiger partial charge in [0.2, 0.25) is 0 Å². The highest BCUT2D eigenvalue weighted by Crippen LogP contribution is 2.30. The number of benzene rings is 2. The molecule has 0 spiro atoms. The lowest BCUT2D eigenvalue weighted by atomic mass is 10.2. The highest BCUT2D eigenvalue weighted by molar-refractivity contribution is 8.13. The van der Waals surface area contributed by atoms with Crippen LogP contribution in [0, 0.1) is 0 Å². The zero-order valence-electron chi connectivity index (χ0n) is 13.9. The third-order valence-electron chi connectivity index (χ3n) is 3.88. The molecule has 0 atom stereocenters. The molecule has 5 heteroatoms. The van der Waals surface area contributed by atoms with Gasteiger partial charge in [-0.05, 0) is 29.8 Å². The van der Waals surface area contributed by atoms with Crippen molar-refractivity contribution in [2.45, 2.75) is 5.75 Å². The summed E-state index contributed by atoms with van der Waals surface area (Å²) in [5, 5.41) is 0.669. The fraction of sp³-hybridized carbons (Fsp3) is 0.0476. The van der Waals surface area contributed by atoms with E-state index in [2.05, 4.69) is 17.1 Å². The third kappa shape index (κ3) is 3.48. The Kier molecular flexibility index (Phi) is 4.71. The van der Waals surface area contributed by atoms with Gasteiger partial charge in [0, 0.05) is 11.8 Å². The molecule has 4 nitrogen and oxygen atoms in total. The number of aliphatic imine (C=N–C) groups is 1. The smallest absolute Gasteiger partial charge is 0.283 e. The molecule has 0 saturated heterocycles. The quantitative estimate of drug-likeness (QED) is 0.618. The lowest BCUT2D eigenvalue weighted by Crippen LogP contribution is -2.30. The number of para-hydroxylation sites is 1. The summed E-state index contributed by atoms with van der Waals surface area (Å²) in [6.45, 7) is 0. The van der Waals surface area contributed by atoms with Crippen molar-refractivity contribution in [3.05, 3.63) is 96.1 Å². The first kappa shape index (κ1) is 16.4. The molecule has 0 bridgehead atoms. The molecule has 2 aromatic carbocycles. The molecule has 1 amide bonds. The van der Waals surface area contributed by atoms with Crippen LogP contribution in [0.2, 0.25) is 0 Å². The molecular formula is C21H16N2O2S. The summed E-state index contributed by atoms with van der Waals surface area (Å²) < 4.78 is 5.33. The van der Waals surface area contributed by atoms with Gasteiger partial charge in [-0.25, -0.2) is 4.99 Å². The van der Waals surface area contributed by atoms with Crippen molar-refractivity contribution in [2.75, 3.05) is 4.90 Å². The first-order valence-corrected chi connectivity index (χ1v) is 9.20. The van der Waals surface area contributed by atoms with Crippen molar-refractivity contribution in [1.82, 2.24) is 0 Å². The van der Waals surface area contributed by atoms with Crippen molar-refractivity contribution in [3.8, 4) is 0 Å². The van der Waals surface area contributed by atoms with E-state index in [1.165, 1.54) is 5.56 Å². The molecule has 0 saturated carbocycles. The Morgan fingerprint density at radius 2 is 1.69 bits per heavy atom. The number of nitrogens with zero attached hydrogens (tertiary/aromatic N) is 2. The topological polar surface area (TPSA) is 45.8 Å². The number of amides is 1. The van der Waals surface area contributed by atoms with Crippen LogP contribution < -0.4 is 4.90 Å². The summed E-state index contributed by atoms with van der Waals surface area (Å²) in [6.07, 6.45) is 3.25. The Bertz CT molecular complexity index is 948. The highest BCUT2D eigenvalue weighted by Gasteiger charge is 2.32. The van der Waals surface area contributed by atoms with Crippen molar-refractivity contribution < 1.29 is 9.21 Å². The fourth-order valence-electron chi connectivity index (χ4n) is 2.63. The van der Waals surface area contributed by atoms with Crippen LogP contribution in [-0.4, -0.2) is 11.1 Å². The second-order valence-corrected chi connectivity index (χ2v) is 6.63. The maximum atomic E-state index is 12.9. The van der Waals surface area contributed by atoms with E-state index in [1.807, 2.05) is 48.5 Å². The van der Waals surface area contributed by atoms with Gasteiger partial charge in [0.25, 0.3) is 5.91 Å². The van der Waals surface area contributed by atoms with E-state index in [4.69, 9.17) is 4.42 Å². The number of carbonyl (C=O) groups is 1. The van der Waals surface area contributed by atoms with Crippen LogP contribution in [0.5, 0.6) is 0 Å². The molecule has 128 valence electrons. The van der Waals surface area contributed by atoms with E-state index in [0.29, 0.717) is 16.6 Å². The van der Waals surface area contributed by atoms with Crippen LogP contribution in [-0.2, 0) is 10.5 Å². The first-order valence-electron chi connectivity index (χ1n) is 8.21. The van der Waals surface area contributed by atoms with E-state index in [1.54, 1.807) is 41.1 Å². The average molecular weight is 360 g/mol. The molecule has 0 radical (unpaired) electrons. The maximum Gasteiger partial charge on any atom is 0.283 e. The predicted molar refractivity (Wildman–Crippen MR) is 106 cm³/mol. The maximum absolute atomic E-state index is 12.9. The van der Waals surface area contributed by atoms with E-state index in [9.17, 15) is 4.79 Å². The molecule has 0 N–H and O–H groups in total. The van der Waals surface area contributed by atoms with Gasteiger partial charge in [0.15, 0.2) is 5.17 Å². The van der Waals surface area contributed by atoms with Crippen molar-refractivity contribution >= 4 is 34.6 Å². The summed E-state index contributed by atoms with van der Waals surface area (Å²) in [6, 6.07) is 23.3. The monoisotopic (exact) mass is 360 g/mol. The second kappa shape index (κ2) is 7.45. The minimum atomic E-state index is -0.150. The Hall–Kier alpha value is -3.05. The van der Waals surface area contributed by atoms with Crippen LogP contribution in [0.3, 0.4) is 0 Å². The van der Waals surface area contributed by atoms with Crippen LogP contribution in [0.4, 0.5) is 5.69 Å². The number of hydrogen-bond acceptors (Lipinski definition) is 4. The van der Waals surface area contributed by atoms with Gasteiger partial charge in [-0.3, -0.25) is 9.69 Å². The molecule has 4 rings (SSSR count). The van der Waals surface area contributed by atoms with Crippen LogP contribution >= 0.6 is 11.8 Å². The van der Waals surface area contributed by atoms with Crippen LogP contribution in [0.1, 0.15) is 11.3 Å². The lowest BCUT2D eigenvalue weighted by molar-refractivity contribution is -0.113. The Labute approximate surface area is 155 Å². The van der Waals surface area contributed by atoms with E-state index in [0.717, 1.165) is 11.4 Å². The van der Waals surface area contributed by atoms with Crippen molar-refractivity contribution in [2.24, 2.45) is 4.99 Å². The molecule has 0 fully saturated rings. The number of hydrogen-bond donors (Lipinski definition) is 0. The number of thioether (sulfide) groups is 1. The molecule has 1 aliphatic heterocycles. The summed E-state index contributed by atoms with van der Waals surface area (Å²) in [7, 11) is 0. The van der Waals surface area contributed by atoms with Gasteiger partial charge in [-0.1, -0.05) is 60.3 Å². The Balaban J connectivity index is 1.65. The minimum absolute atomic E-state index is 0.150. The number of amidine groups is 1. The zero-order valence-corrected chi connectivity index (χ0v) is 14.7. The molecule has 1 aliphatic rings. The minimum Gasteiger partial charge on any atom is -0.465 e. The van der Waals surface area contributed by atoms with Gasteiger partial charge >= 0.3 is 0 Å². The summed E-state index contributed by atoms with van der Waals surface area (Å²) >= 11 is 1.54. The lowest BCUT2D eigenvalue weighted by Gasteiger charge is -2.17. The van der Waals surface area contributed by atoms with E-state index >= 15 is 0 Å². The molecule has 0 aliphatic carbocycles. The SMILES string of the molecule is O=C1/C(=C/c2ccco2)N=C(SCc2ccccc2)N1c1ccccc1. The normalized spacial score (nSPS) is 15.5. The summed E-state index contributed by atoms with van der Waals surface area (Å²) in [5.41, 5.74) is 2.36. The van der Waals surface area contributed by atoms with Crippen molar-refractivity contribution in [1.29, 1.82) is 0 Å². The molecule has 1 aromatic heterocycles. The summed E-state index contributed by atoms with van der Waals surface area (Å²) in [5.74, 6) is 1.20. The van der Waals surface area contributed by atoms with Crippen LogP contribution in [0.15, 0.2) is 94.2 Å². The number of rotatable bonds is 4. The van der Waals surface area contributed by atoms with E-state index < -0.39 is 0 Å². The zero-order chi connectivity index (χ0) is 17.8. The number of furan rings is 1. The molecule has 2 heterocycles. The van der Waals surface area contributed by atoms with Gasteiger partial charge < -0.3 is 4.42 Å². The Morgan fingerprint density at radius 3 is 2.38 bits per heavy atom. The highest BCUT2D eigenvalue weighted by atomic mass is 32.2. The number of anilines is 1. The standard InChI is InChI=1S/C21H16N2O2S/c24-20-19(14-18-12-7-13-25-18)22-21(23(20)17-10-5-2-6-11-17)26-15-16-8-3-1-4-9-16/h1-14H,15H2/b19-14-. The second-order valence-electron chi connectivity index (χ2n) is 5.69. The Morgan fingerprint density at radius 1 is 0.962 bits per heavy atom. The van der Waals surface area contributed by atoms with Gasteiger partial charge in [-0.15, -0.1) is 0 Å². The van der Waals surface area contributed by atoms with Crippen molar-refractivity contribution in [3.63, 3.8) is 0 Å². The van der Waals surface area contributed by atoms with Crippen LogP contribution in [0.25, 0.3) is 6.08 Å². The van der Waals surface area contributed by atoms with Gasteiger partial charge in [-0.2, -0.15) is 0 Å². The molecule has 26 heavy (non-hydrogen) atoms. The fourth-order valence-corrected chi connectivity index (χ4v) is 3.60. The average Bonchev–Trinajstić information content (AvgIpc) is 3.30. The third-order valence-corrected chi connectivity index (χ3v) is 4.89.